The Morgan fingerprint density at radius 2 is 1.93 bits per heavy atom. The lowest BCUT2D eigenvalue weighted by Gasteiger charge is -2.34. The Kier molecular flexibility index (Phi) is 4.56. The number of urea groups is 1. The van der Waals surface area contributed by atoms with Crippen molar-refractivity contribution in [2.75, 3.05) is 31.6 Å². The fourth-order valence-electron chi connectivity index (χ4n) is 4.02. The Morgan fingerprint density at radius 1 is 1.23 bits per heavy atom. The SMILES string of the molecule is Cc1ccc(C)c(N2CC[N+]3=C2N=C2C3C(=O)N(CC(=O)C(C)(C)C)C(=O)N2C)c1. The number of likely N-dealkylation sites (N-methyl/N-ethyl adjacent to an activating group) is 1. The Bertz CT molecular complexity index is 1030. The minimum atomic E-state index is -0.675. The van der Waals surface area contributed by atoms with E-state index < -0.39 is 17.5 Å². The van der Waals surface area contributed by atoms with Crippen molar-refractivity contribution in [2.45, 2.75) is 40.7 Å². The third kappa shape index (κ3) is 3.02. The van der Waals surface area contributed by atoms with Crippen LogP contribution in [0.2, 0.25) is 0 Å². The topological polar surface area (TPSA) is 76.3 Å². The number of imide groups is 1. The van der Waals surface area contributed by atoms with E-state index in [1.165, 1.54) is 4.90 Å². The van der Waals surface area contributed by atoms with Gasteiger partial charge in [-0.2, -0.15) is 0 Å². The molecular weight excluding hydrogens is 382 g/mol. The third-order valence-corrected chi connectivity index (χ3v) is 5.99. The molecule has 0 saturated carbocycles. The van der Waals surface area contributed by atoms with E-state index in [-0.39, 0.29) is 18.2 Å². The summed E-state index contributed by atoms with van der Waals surface area (Å²) in [6.45, 7) is 10.6. The number of Topliss-reactive ketones (excluding diaryl/α,β-unsaturated/α-hetero) is 1. The summed E-state index contributed by atoms with van der Waals surface area (Å²) in [5, 5.41) is 0. The Morgan fingerprint density at radius 3 is 2.60 bits per heavy atom. The van der Waals surface area contributed by atoms with E-state index in [0.717, 1.165) is 21.7 Å². The number of anilines is 1. The first kappa shape index (κ1) is 20.3. The van der Waals surface area contributed by atoms with Crippen molar-refractivity contribution < 1.29 is 19.0 Å². The summed E-state index contributed by atoms with van der Waals surface area (Å²) < 4.78 is 1.94. The van der Waals surface area contributed by atoms with Crippen LogP contribution in [0.15, 0.2) is 23.2 Å². The van der Waals surface area contributed by atoms with Gasteiger partial charge in [-0.1, -0.05) is 37.9 Å². The lowest BCUT2D eigenvalue weighted by molar-refractivity contribution is -0.525. The average Bonchev–Trinajstić information content (AvgIpc) is 3.23. The summed E-state index contributed by atoms with van der Waals surface area (Å²) in [6.07, 6.45) is 0. The second-order valence-corrected chi connectivity index (χ2v) is 9.25. The zero-order valence-electron chi connectivity index (χ0n) is 18.4. The summed E-state index contributed by atoms with van der Waals surface area (Å²) >= 11 is 0. The highest BCUT2D eigenvalue weighted by molar-refractivity contribution is 6.24. The van der Waals surface area contributed by atoms with Gasteiger partial charge in [-0.25, -0.2) is 14.3 Å². The van der Waals surface area contributed by atoms with Crippen LogP contribution in [0.1, 0.15) is 31.9 Å². The second-order valence-electron chi connectivity index (χ2n) is 9.25. The first-order chi connectivity index (χ1) is 14.0. The van der Waals surface area contributed by atoms with Crippen molar-refractivity contribution in [1.29, 1.82) is 0 Å². The number of guanidine groups is 1. The summed E-state index contributed by atoms with van der Waals surface area (Å²) in [6, 6.07) is 5.07. The molecule has 30 heavy (non-hydrogen) atoms. The van der Waals surface area contributed by atoms with Gasteiger partial charge in [0.05, 0.1) is 13.1 Å². The molecule has 1 aromatic rings. The highest BCUT2D eigenvalue weighted by Crippen LogP contribution is 2.29. The number of hydrogen-bond donors (Lipinski definition) is 0. The number of benzene rings is 1. The number of aryl methyl sites for hydroxylation is 2. The Balaban J connectivity index is 1.70. The third-order valence-electron chi connectivity index (χ3n) is 5.99. The Labute approximate surface area is 176 Å². The van der Waals surface area contributed by atoms with Crippen molar-refractivity contribution in [1.82, 2.24) is 9.80 Å². The number of carbonyl (C=O) groups is 3. The van der Waals surface area contributed by atoms with E-state index in [4.69, 9.17) is 4.99 Å². The molecule has 0 bridgehead atoms. The molecule has 1 saturated heterocycles. The number of ketones is 1. The molecular formula is C22H28N5O3+. The maximum Gasteiger partial charge on any atom is 0.397 e. The van der Waals surface area contributed by atoms with Crippen molar-refractivity contribution in [2.24, 2.45) is 10.4 Å². The number of rotatable bonds is 3. The molecule has 3 aliphatic rings. The largest absolute Gasteiger partial charge is 0.397 e. The van der Waals surface area contributed by atoms with Crippen LogP contribution in [0.5, 0.6) is 0 Å². The molecule has 1 unspecified atom stereocenters. The van der Waals surface area contributed by atoms with E-state index in [1.807, 2.05) is 18.4 Å². The normalized spacial score (nSPS) is 21.3. The van der Waals surface area contributed by atoms with Gasteiger partial charge in [0.1, 0.15) is 12.2 Å². The molecule has 0 radical (unpaired) electrons. The van der Waals surface area contributed by atoms with Gasteiger partial charge in [-0.3, -0.25) is 19.4 Å². The number of amidine groups is 1. The molecule has 158 valence electrons. The first-order valence-corrected chi connectivity index (χ1v) is 10.2. The molecule has 4 rings (SSSR count). The molecule has 3 heterocycles. The molecule has 8 heteroatoms. The van der Waals surface area contributed by atoms with Crippen LogP contribution in [0, 0.1) is 19.3 Å². The van der Waals surface area contributed by atoms with Crippen molar-refractivity contribution in [3.8, 4) is 0 Å². The summed E-state index contributed by atoms with van der Waals surface area (Å²) in [5.74, 6) is 0.570. The second kappa shape index (κ2) is 6.75. The van der Waals surface area contributed by atoms with Gasteiger partial charge >= 0.3 is 12.0 Å². The van der Waals surface area contributed by atoms with Crippen LogP contribution in [0.3, 0.4) is 0 Å². The Hall–Kier alpha value is -3.03. The van der Waals surface area contributed by atoms with Gasteiger partial charge in [-0.05, 0) is 31.0 Å². The van der Waals surface area contributed by atoms with Crippen LogP contribution in [0.4, 0.5) is 10.5 Å². The molecule has 0 N–H and O–H groups in total. The van der Waals surface area contributed by atoms with E-state index in [2.05, 4.69) is 23.1 Å². The van der Waals surface area contributed by atoms with Crippen LogP contribution in [-0.4, -0.2) is 76.6 Å². The predicted molar refractivity (Wildman–Crippen MR) is 114 cm³/mol. The lowest BCUT2D eigenvalue weighted by atomic mass is 9.90. The van der Waals surface area contributed by atoms with E-state index in [1.54, 1.807) is 27.8 Å². The summed E-state index contributed by atoms with van der Waals surface area (Å²) in [5.41, 5.74) is 2.69. The number of hydrogen-bond acceptors (Lipinski definition) is 5. The monoisotopic (exact) mass is 410 g/mol. The molecule has 0 aromatic heterocycles. The van der Waals surface area contributed by atoms with Gasteiger partial charge in [-0.15, -0.1) is 0 Å². The lowest BCUT2D eigenvalue weighted by Crippen LogP contribution is -2.63. The fourth-order valence-corrected chi connectivity index (χ4v) is 4.02. The zero-order valence-corrected chi connectivity index (χ0v) is 18.4. The summed E-state index contributed by atoms with van der Waals surface area (Å²) in [4.78, 5) is 48.0. The van der Waals surface area contributed by atoms with Crippen molar-refractivity contribution in [3.63, 3.8) is 0 Å². The maximum atomic E-state index is 13.3. The number of amides is 3. The quantitative estimate of drug-likeness (QED) is 0.712. The first-order valence-electron chi connectivity index (χ1n) is 10.2. The zero-order chi connectivity index (χ0) is 22.0. The molecule has 3 aliphatic heterocycles. The van der Waals surface area contributed by atoms with E-state index in [9.17, 15) is 14.4 Å². The van der Waals surface area contributed by atoms with Crippen LogP contribution in [-0.2, 0) is 9.59 Å². The maximum absolute atomic E-state index is 13.3. The molecule has 3 amide bonds. The number of nitrogens with zero attached hydrogens (tertiary/aromatic N) is 5. The fraction of sp³-hybridized carbons (Fsp3) is 0.500. The number of fused-ring (bicyclic) bond motifs is 2. The van der Waals surface area contributed by atoms with Gasteiger partial charge < -0.3 is 0 Å². The van der Waals surface area contributed by atoms with Crippen LogP contribution < -0.4 is 4.90 Å². The highest BCUT2D eigenvalue weighted by Gasteiger charge is 2.56. The average molecular weight is 410 g/mol. The van der Waals surface area contributed by atoms with Gasteiger partial charge in [0.2, 0.25) is 11.9 Å². The van der Waals surface area contributed by atoms with E-state index >= 15 is 0 Å². The molecule has 1 aromatic carbocycles. The standard InChI is InChI=1S/C22H28N5O3/c1-13-7-8-14(2)15(11-13)25-9-10-26-17-18(23-20(25)26)24(6)21(30)27(19(17)29)12-16(28)22(3,4)5/h7-8,11,17H,9-10,12H2,1-6H3/q+1. The smallest absolute Gasteiger partial charge is 0.297 e. The van der Waals surface area contributed by atoms with Gasteiger partial charge in [0.25, 0.3) is 5.91 Å². The minimum Gasteiger partial charge on any atom is -0.297 e. The van der Waals surface area contributed by atoms with Gasteiger partial charge in [0, 0.05) is 12.5 Å². The molecule has 8 nitrogen and oxygen atoms in total. The molecule has 1 atom stereocenters. The van der Waals surface area contributed by atoms with Crippen LogP contribution in [0.25, 0.3) is 0 Å². The van der Waals surface area contributed by atoms with Gasteiger partial charge in [0.15, 0.2) is 5.78 Å². The highest BCUT2D eigenvalue weighted by atomic mass is 16.2. The minimum absolute atomic E-state index is 0.154. The number of carbonyl (C=O) groups excluding carboxylic acids is 3. The van der Waals surface area contributed by atoms with Crippen molar-refractivity contribution in [3.05, 3.63) is 29.3 Å². The summed E-state index contributed by atoms with van der Waals surface area (Å²) in [7, 11) is 1.61. The number of aliphatic imine (C=N–C) groups is 1. The van der Waals surface area contributed by atoms with E-state index in [0.29, 0.717) is 24.9 Å². The van der Waals surface area contributed by atoms with Crippen LogP contribution >= 0.6 is 0 Å². The van der Waals surface area contributed by atoms with Crippen molar-refractivity contribution >= 4 is 35.2 Å². The molecule has 0 aliphatic carbocycles. The predicted octanol–water partition coefficient (Wildman–Crippen LogP) is 1.78. The molecule has 1 fully saturated rings. The molecule has 0 spiro atoms.